The van der Waals surface area contributed by atoms with Crippen molar-refractivity contribution >= 4 is 22.5 Å². The van der Waals surface area contributed by atoms with Crippen LogP contribution < -0.4 is 4.74 Å². The molecule has 3 aromatic carbocycles. The Bertz CT molecular complexity index is 1230. The van der Waals surface area contributed by atoms with Crippen LogP contribution in [0.1, 0.15) is 43.2 Å². The second-order valence-electron chi connectivity index (χ2n) is 10.7. The van der Waals surface area contributed by atoms with Gasteiger partial charge in [-0.1, -0.05) is 55.0 Å². The SMILES string of the molecule is COc1ccc(CO[C@@H]2[C@@H](OCc3ccc4ccccc4c3)[C@H](SC)O[C@@H]3COC4(CCCCC4)O[C@@H]23)cc1. The van der Waals surface area contributed by atoms with Gasteiger partial charge in [-0.3, -0.25) is 0 Å². The van der Waals surface area contributed by atoms with Gasteiger partial charge in [-0.2, -0.15) is 0 Å². The van der Waals surface area contributed by atoms with Gasteiger partial charge in [0.25, 0.3) is 0 Å². The van der Waals surface area contributed by atoms with Crippen LogP contribution in [0.25, 0.3) is 10.8 Å². The van der Waals surface area contributed by atoms with Crippen molar-refractivity contribution in [2.45, 2.75) is 81.0 Å². The molecule has 0 bridgehead atoms. The van der Waals surface area contributed by atoms with E-state index < -0.39 is 5.79 Å². The molecule has 5 atom stereocenters. The lowest BCUT2D eigenvalue weighted by molar-refractivity contribution is -0.375. The van der Waals surface area contributed by atoms with E-state index in [1.807, 2.05) is 24.3 Å². The highest BCUT2D eigenvalue weighted by atomic mass is 32.2. The first-order chi connectivity index (χ1) is 19.2. The zero-order chi connectivity index (χ0) is 26.7. The topological polar surface area (TPSA) is 55.4 Å². The van der Waals surface area contributed by atoms with E-state index in [-0.39, 0.29) is 29.9 Å². The molecule has 0 amide bonds. The summed E-state index contributed by atoms with van der Waals surface area (Å²) in [5, 5.41) is 2.43. The van der Waals surface area contributed by atoms with Crippen LogP contribution in [0.4, 0.5) is 0 Å². The molecule has 1 saturated carbocycles. The Kier molecular flexibility index (Phi) is 8.44. The fourth-order valence-electron chi connectivity index (χ4n) is 6.01. The van der Waals surface area contributed by atoms with Gasteiger partial charge >= 0.3 is 0 Å². The second kappa shape index (κ2) is 12.2. The van der Waals surface area contributed by atoms with E-state index in [4.69, 9.17) is 28.4 Å². The number of hydrogen-bond acceptors (Lipinski definition) is 7. The van der Waals surface area contributed by atoms with Crippen molar-refractivity contribution in [3.05, 3.63) is 77.9 Å². The van der Waals surface area contributed by atoms with E-state index in [9.17, 15) is 0 Å². The summed E-state index contributed by atoms with van der Waals surface area (Å²) in [6.07, 6.45) is 6.28. The van der Waals surface area contributed by atoms with Crippen LogP contribution in [-0.4, -0.2) is 55.6 Å². The van der Waals surface area contributed by atoms with Gasteiger partial charge in [-0.25, -0.2) is 0 Å². The molecular weight excluding hydrogens is 512 g/mol. The summed E-state index contributed by atoms with van der Waals surface area (Å²) in [6, 6.07) is 22.9. The van der Waals surface area contributed by atoms with Gasteiger partial charge in [0.05, 0.1) is 26.9 Å². The standard InChI is InChI=1S/C32H38O6S/c1-33-26-14-11-22(12-15-26)19-34-29-28-27(21-36-32(38-28)16-6-3-7-17-32)37-31(39-2)30(29)35-20-23-10-13-24-8-4-5-9-25(24)18-23/h4-5,8-15,18,27-31H,3,6-7,16-17,19-21H2,1-2H3/t27-,28-,29+,30-,31+/m1/s1. The second-order valence-corrected chi connectivity index (χ2v) is 11.7. The smallest absolute Gasteiger partial charge is 0.169 e. The monoisotopic (exact) mass is 550 g/mol. The molecule has 39 heavy (non-hydrogen) atoms. The molecule has 1 aliphatic carbocycles. The van der Waals surface area contributed by atoms with Crippen molar-refractivity contribution in [1.82, 2.24) is 0 Å². The minimum absolute atomic E-state index is 0.194. The fraction of sp³-hybridized carbons (Fsp3) is 0.500. The molecule has 0 N–H and O–H groups in total. The Labute approximate surface area is 235 Å². The quantitative estimate of drug-likeness (QED) is 0.318. The van der Waals surface area contributed by atoms with Gasteiger partial charge in [0.1, 0.15) is 35.6 Å². The van der Waals surface area contributed by atoms with Crippen molar-refractivity contribution in [1.29, 1.82) is 0 Å². The lowest BCUT2D eigenvalue weighted by atomic mass is 9.90. The Morgan fingerprint density at radius 2 is 1.56 bits per heavy atom. The highest BCUT2D eigenvalue weighted by molar-refractivity contribution is 7.99. The molecule has 2 aliphatic heterocycles. The molecule has 2 heterocycles. The summed E-state index contributed by atoms with van der Waals surface area (Å²) in [5.41, 5.74) is 2.01. The molecule has 1 spiro atoms. The lowest BCUT2D eigenvalue weighted by Gasteiger charge is -2.53. The minimum Gasteiger partial charge on any atom is -0.497 e. The maximum Gasteiger partial charge on any atom is 0.169 e. The summed E-state index contributed by atoms with van der Waals surface area (Å²) in [5.74, 6) is 0.287. The third kappa shape index (κ3) is 5.99. The number of methoxy groups -OCH3 is 1. The number of fused-ring (bicyclic) bond motifs is 2. The summed E-state index contributed by atoms with van der Waals surface area (Å²) >= 11 is 1.65. The van der Waals surface area contributed by atoms with E-state index in [1.165, 1.54) is 17.2 Å². The number of hydrogen-bond donors (Lipinski definition) is 0. The van der Waals surface area contributed by atoms with Crippen LogP contribution in [0.15, 0.2) is 66.7 Å². The minimum atomic E-state index is -0.542. The zero-order valence-electron chi connectivity index (χ0n) is 22.8. The first-order valence-electron chi connectivity index (χ1n) is 14.0. The van der Waals surface area contributed by atoms with Crippen LogP contribution in [0.2, 0.25) is 0 Å². The largest absolute Gasteiger partial charge is 0.497 e. The molecule has 3 aromatic rings. The molecule has 6 rings (SSSR count). The first-order valence-corrected chi connectivity index (χ1v) is 15.3. The summed E-state index contributed by atoms with van der Waals surface area (Å²) in [6.45, 7) is 1.44. The number of thioether (sulfide) groups is 1. The molecular formula is C32H38O6S. The molecule has 0 unspecified atom stereocenters. The Morgan fingerprint density at radius 1 is 0.846 bits per heavy atom. The average molecular weight is 551 g/mol. The lowest BCUT2D eigenvalue weighted by Crippen LogP contribution is -2.66. The van der Waals surface area contributed by atoms with E-state index in [1.54, 1.807) is 18.9 Å². The van der Waals surface area contributed by atoms with Gasteiger partial charge in [0, 0.05) is 12.8 Å². The van der Waals surface area contributed by atoms with Gasteiger partial charge < -0.3 is 28.4 Å². The third-order valence-electron chi connectivity index (χ3n) is 8.16. The molecule has 208 valence electrons. The van der Waals surface area contributed by atoms with Crippen molar-refractivity contribution in [2.24, 2.45) is 0 Å². The van der Waals surface area contributed by atoms with E-state index in [0.717, 1.165) is 42.6 Å². The summed E-state index contributed by atoms with van der Waals surface area (Å²) in [7, 11) is 1.68. The molecule has 3 fully saturated rings. The average Bonchev–Trinajstić information content (AvgIpc) is 2.99. The predicted molar refractivity (Wildman–Crippen MR) is 153 cm³/mol. The Hall–Kier alpha value is -2.13. The molecule has 0 radical (unpaired) electrons. The van der Waals surface area contributed by atoms with Gasteiger partial charge in [0.15, 0.2) is 5.79 Å². The predicted octanol–water partition coefficient (Wildman–Crippen LogP) is 6.48. The fourth-order valence-corrected chi connectivity index (χ4v) is 6.77. The molecule has 6 nitrogen and oxygen atoms in total. The summed E-state index contributed by atoms with van der Waals surface area (Å²) < 4.78 is 38.4. The molecule has 3 aliphatic rings. The maximum absolute atomic E-state index is 6.81. The van der Waals surface area contributed by atoms with E-state index in [0.29, 0.717) is 19.8 Å². The van der Waals surface area contributed by atoms with Crippen molar-refractivity contribution < 1.29 is 28.4 Å². The highest BCUT2D eigenvalue weighted by Crippen LogP contribution is 2.43. The van der Waals surface area contributed by atoms with Crippen molar-refractivity contribution in [3.63, 3.8) is 0 Å². The van der Waals surface area contributed by atoms with Gasteiger partial charge in [-0.05, 0) is 59.2 Å². The summed E-state index contributed by atoms with van der Waals surface area (Å²) in [4.78, 5) is 0. The normalized spacial score (nSPS) is 28.3. The zero-order valence-corrected chi connectivity index (χ0v) is 23.6. The van der Waals surface area contributed by atoms with Gasteiger partial charge in [-0.15, -0.1) is 11.8 Å². The van der Waals surface area contributed by atoms with Crippen molar-refractivity contribution in [3.8, 4) is 5.75 Å². The van der Waals surface area contributed by atoms with Gasteiger partial charge in [0.2, 0.25) is 0 Å². The van der Waals surface area contributed by atoms with Crippen LogP contribution in [0.5, 0.6) is 5.75 Å². The maximum atomic E-state index is 6.81. The Morgan fingerprint density at radius 3 is 2.33 bits per heavy atom. The Balaban J connectivity index is 1.25. The molecule has 7 heteroatoms. The van der Waals surface area contributed by atoms with Crippen LogP contribution >= 0.6 is 11.8 Å². The molecule has 0 aromatic heterocycles. The number of rotatable bonds is 8. The van der Waals surface area contributed by atoms with Crippen LogP contribution in [-0.2, 0) is 36.9 Å². The van der Waals surface area contributed by atoms with E-state index >= 15 is 0 Å². The first kappa shape index (κ1) is 27.1. The van der Waals surface area contributed by atoms with Crippen LogP contribution in [0.3, 0.4) is 0 Å². The van der Waals surface area contributed by atoms with Crippen LogP contribution in [0, 0.1) is 0 Å². The van der Waals surface area contributed by atoms with Crippen molar-refractivity contribution in [2.75, 3.05) is 20.0 Å². The number of benzene rings is 3. The highest BCUT2D eigenvalue weighted by Gasteiger charge is 2.54. The third-order valence-corrected chi connectivity index (χ3v) is 9.00. The number of ether oxygens (including phenoxy) is 6. The van der Waals surface area contributed by atoms with E-state index in [2.05, 4.69) is 48.7 Å². The molecule has 2 saturated heterocycles.